The molecule has 2 aliphatic heterocycles. The monoisotopic (exact) mass is 425 g/mol. The van der Waals surface area contributed by atoms with E-state index in [2.05, 4.69) is 41.8 Å². The van der Waals surface area contributed by atoms with Crippen LogP contribution in [0.25, 0.3) is 10.9 Å². The first-order valence-electron chi connectivity index (χ1n) is 11.8. The normalized spacial score (nSPS) is 22.4. The number of fused-ring (bicyclic) bond motifs is 1. The number of hydrogen-bond acceptors (Lipinski definition) is 3. The van der Waals surface area contributed by atoms with E-state index in [0.29, 0.717) is 6.54 Å². The summed E-state index contributed by atoms with van der Waals surface area (Å²) in [6, 6.07) is 10.7. The summed E-state index contributed by atoms with van der Waals surface area (Å²) in [5, 5.41) is 10.9. The Balaban J connectivity index is 1.43. The quantitative estimate of drug-likeness (QED) is 0.740. The van der Waals surface area contributed by atoms with Gasteiger partial charge in [0, 0.05) is 36.9 Å². The van der Waals surface area contributed by atoms with Crippen molar-refractivity contribution < 1.29 is 14.7 Å². The number of aryl methyl sites for hydroxylation is 2. The molecule has 6 heteroatoms. The van der Waals surface area contributed by atoms with Crippen molar-refractivity contribution in [2.45, 2.75) is 83.5 Å². The van der Waals surface area contributed by atoms with E-state index in [1.807, 2.05) is 4.90 Å². The lowest BCUT2D eigenvalue weighted by Gasteiger charge is -2.32. The number of carbonyl (C=O) groups is 2. The summed E-state index contributed by atoms with van der Waals surface area (Å²) in [5.41, 5.74) is 2.61. The molecule has 1 N–H and O–H groups in total. The van der Waals surface area contributed by atoms with Gasteiger partial charge in [-0.25, -0.2) is 0 Å². The molecular weight excluding hydrogens is 390 g/mol. The van der Waals surface area contributed by atoms with E-state index in [1.165, 1.54) is 16.6 Å². The standard InChI is InChI=1S/C25H35N3O3/c1-3-26-21(17-19-8-4-5-10-22(19)26)13-12-20-9-6-14-27(20)25(31)23-11-7-15-28(23)24(30)16-18(2)29/h4-5,8,10,17-18,20,23,29H,3,6-7,9,11-16H2,1-2H3/t18?,20-,23+/m0/s1. The molecule has 4 rings (SSSR count). The number of para-hydroxylation sites is 1. The van der Waals surface area contributed by atoms with Crippen LogP contribution in [0.5, 0.6) is 0 Å². The van der Waals surface area contributed by atoms with Crippen LogP contribution in [0.4, 0.5) is 0 Å². The summed E-state index contributed by atoms with van der Waals surface area (Å²) in [6.45, 7) is 6.15. The van der Waals surface area contributed by atoms with Gasteiger partial charge in [0.05, 0.1) is 12.5 Å². The van der Waals surface area contributed by atoms with Gasteiger partial charge in [-0.3, -0.25) is 9.59 Å². The maximum atomic E-state index is 13.4. The number of rotatable bonds is 7. The average Bonchev–Trinajstić information content (AvgIpc) is 3.48. The first-order valence-corrected chi connectivity index (χ1v) is 11.8. The van der Waals surface area contributed by atoms with Gasteiger partial charge in [0.25, 0.3) is 0 Å². The summed E-state index contributed by atoms with van der Waals surface area (Å²) in [5.74, 6) is 0.00374. The molecule has 168 valence electrons. The Hall–Kier alpha value is -2.34. The Bertz CT molecular complexity index is 935. The molecule has 1 unspecified atom stereocenters. The molecule has 2 amide bonds. The lowest BCUT2D eigenvalue weighted by atomic mass is 10.1. The Morgan fingerprint density at radius 1 is 1.13 bits per heavy atom. The maximum Gasteiger partial charge on any atom is 0.245 e. The SMILES string of the molecule is CCn1c(CC[C@@H]2CCCN2C(=O)[C@H]2CCCN2C(=O)CC(C)O)cc2ccccc21. The van der Waals surface area contributed by atoms with Gasteiger partial charge in [-0.05, 0) is 69.9 Å². The average molecular weight is 426 g/mol. The Kier molecular flexibility index (Phi) is 6.65. The Labute approximate surface area is 184 Å². The van der Waals surface area contributed by atoms with E-state index < -0.39 is 6.10 Å². The van der Waals surface area contributed by atoms with Crippen molar-refractivity contribution in [3.8, 4) is 0 Å². The van der Waals surface area contributed by atoms with Crippen LogP contribution in [0.2, 0.25) is 0 Å². The lowest BCUT2D eigenvalue weighted by molar-refractivity contribution is -0.145. The van der Waals surface area contributed by atoms with E-state index >= 15 is 0 Å². The largest absolute Gasteiger partial charge is 0.393 e. The molecule has 6 nitrogen and oxygen atoms in total. The molecule has 1 aromatic heterocycles. The Morgan fingerprint density at radius 3 is 2.65 bits per heavy atom. The van der Waals surface area contributed by atoms with Gasteiger partial charge >= 0.3 is 0 Å². The Morgan fingerprint density at radius 2 is 1.87 bits per heavy atom. The highest BCUT2D eigenvalue weighted by atomic mass is 16.3. The minimum absolute atomic E-state index is 0.0920. The van der Waals surface area contributed by atoms with Crippen LogP contribution in [0.3, 0.4) is 0 Å². The number of aliphatic hydroxyl groups is 1. The molecule has 2 saturated heterocycles. The molecule has 0 radical (unpaired) electrons. The number of carbonyl (C=O) groups excluding carboxylic acids is 2. The number of amides is 2. The highest BCUT2D eigenvalue weighted by molar-refractivity contribution is 5.88. The van der Waals surface area contributed by atoms with E-state index in [9.17, 15) is 14.7 Å². The van der Waals surface area contributed by atoms with Gasteiger partial charge in [0.15, 0.2) is 0 Å². The summed E-state index contributed by atoms with van der Waals surface area (Å²) < 4.78 is 2.38. The van der Waals surface area contributed by atoms with E-state index in [-0.39, 0.29) is 30.3 Å². The van der Waals surface area contributed by atoms with Crippen molar-refractivity contribution >= 4 is 22.7 Å². The predicted octanol–water partition coefficient (Wildman–Crippen LogP) is 3.35. The van der Waals surface area contributed by atoms with E-state index in [1.54, 1.807) is 11.8 Å². The second kappa shape index (κ2) is 9.43. The third-order valence-electron chi connectivity index (χ3n) is 6.93. The van der Waals surface area contributed by atoms with Crippen molar-refractivity contribution in [1.82, 2.24) is 14.4 Å². The third kappa shape index (κ3) is 4.49. The van der Waals surface area contributed by atoms with Crippen molar-refractivity contribution in [2.24, 2.45) is 0 Å². The van der Waals surface area contributed by atoms with Crippen LogP contribution in [0.15, 0.2) is 30.3 Å². The fourth-order valence-corrected chi connectivity index (χ4v) is 5.47. The van der Waals surface area contributed by atoms with E-state index in [4.69, 9.17) is 0 Å². The van der Waals surface area contributed by atoms with Gasteiger partial charge < -0.3 is 19.5 Å². The topological polar surface area (TPSA) is 65.8 Å². The molecule has 2 fully saturated rings. The minimum Gasteiger partial charge on any atom is -0.393 e. The van der Waals surface area contributed by atoms with Crippen molar-refractivity contribution in [2.75, 3.05) is 13.1 Å². The molecule has 3 atom stereocenters. The highest BCUT2D eigenvalue weighted by Crippen LogP contribution is 2.28. The molecule has 1 aromatic carbocycles. The molecule has 0 bridgehead atoms. The van der Waals surface area contributed by atoms with Crippen LogP contribution in [-0.2, 0) is 22.6 Å². The molecular formula is C25H35N3O3. The van der Waals surface area contributed by atoms with Gasteiger partial charge in [0.1, 0.15) is 6.04 Å². The molecule has 3 heterocycles. The number of likely N-dealkylation sites (tertiary alicyclic amines) is 2. The zero-order chi connectivity index (χ0) is 22.0. The molecule has 2 aromatic rings. The first kappa shape index (κ1) is 21.9. The van der Waals surface area contributed by atoms with E-state index in [0.717, 1.165) is 51.6 Å². The second-order valence-corrected chi connectivity index (χ2v) is 9.10. The van der Waals surface area contributed by atoms with Crippen molar-refractivity contribution in [3.63, 3.8) is 0 Å². The van der Waals surface area contributed by atoms with Gasteiger partial charge in [-0.2, -0.15) is 0 Å². The van der Waals surface area contributed by atoms with Crippen LogP contribution in [-0.4, -0.2) is 62.6 Å². The summed E-state index contributed by atoms with van der Waals surface area (Å²) >= 11 is 0. The van der Waals surface area contributed by atoms with Crippen molar-refractivity contribution in [1.29, 1.82) is 0 Å². The number of hydrogen-bond donors (Lipinski definition) is 1. The van der Waals surface area contributed by atoms with Crippen LogP contribution in [0, 0.1) is 0 Å². The molecule has 2 aliphatic rings. The number of aromatic nitrogens is 1. The van der Waals surface area contributed by atoms with Crippen molar-refractivity contribution in [3.05, 3.63) is 36.0 Å². The number of aliphatic hydroxyl groups excluding tert-OH is 1. The minimum atomic E-state index is -0.672. The first-order chi connectivity index (χ1) is 15.0. The smallest absolute Gasteiger partial charge is 0.245 e. The number of nitrogens with zero attached hydrogens (tertiary/aromatic N) is 3. The molecule has 0 saturated carbocycles. The lowest BCUT2D eigenvalue weighted by Crippen LogP contribution is -2.49. The fourth-order valence-electron chi connectivity index (χ4n) is 5.47. The summed E-state index contributed by atoms with van der Waals surface area (Å²) in [7, 11) is 0. The molecule has 0 aliphatic carbocycles. The predicted molar refractivity (Wildman–Crippen MR) is 122 cm³/mol. The summed E-state index contributed by atoms with van der Waals surface area (Å²) in [4.78, 5) is 29.7. The zero-order valence-electron chi connectivity index (χ0n) is 18.8. The zero-order valence-corrected chi connectivity index (χ0v) is 18.8. The fraction of sp³-hybridized carbons (Fsp3) is 0.600. The van der Waals surface area contributed by atoms with Gasteiger partial charge in [0.2, 0.25) is 11.8 Å². The van der Waals surface area contributed by atoms with Crippen LogP contribution in [0.1, 0.15) is 58.1 Å². The molecule has 0 spiro atoms. The third-order valence-corrected chi connectivity index (χ3v) is 6.93. The van der Waals surface area contributed by atoms with Gasteiger partial charge in [-0.1, -0.05) is 18.2 Å². The molecule has 31 heavy (non-hydrogen) atoms. The summed E-state index contributed by atoms with van der Waals surface area (Å²) in [6.07, 6.45) is 4.98. The van der Waals surface area contributed by atoms with Gasteiger partial charge in [-0.15, -0.1) is 0 Å². The highest BCUT2D eigenvalue weighted by Gasteiger charge is 2.39. The maximum absolute atomic E-state index is 13.4. The van der Waals surface area contributed by atoms with Crippen LogP contribution < -0.4 is 0 Å². The second-order valence-electron chi connectivity index (χ2n) is 9.10. The number of benzene rings is 1. The van der Waals surface area contributed by atoms with Crippen LogP contribution >= 0.6 is 0 Å².